The number of carbonyl (C=O) groups excluding carboxylic acids is 1. The number of carbonyl (C=O) groups is 1. The van der Waals surface area contributed by atoms with Gasteiger partial charge in [0.15, 0.2) is 0 Å². The number of benzene rings is 1. The first-order valence-corrected chi connectivity index (χ1v) is 9.23. The number of hydrogen-bond donors (Lipinski definition) is 1. The van der Waals surface area contributed by atoms with Gasteiger partial charge in [-0.1, -0.05) is 30.3 Å². The second-order valence-electron chi connectivity index (χ2n) is 6.61. The summed E-state index contributed by atoms with van der Waals surface area (Å²) in [5.41, 5.74) is 3.97. The van der Waals surface area contributed by atoms with Crippen LogP contribution in [-0.2, 0) is 4.74 Å². The molecule has 0 aliphatic carbocycles. The van der Waals surface area contributed by atoms with Crippen LogP contribution in [0.2, 0.25) is 0 Å². The molecule has 0 spiro atoms. The van der Waals surface area contributed by atoms with Gasteiger partial charge in [0.05, 0.1) is 24.2 Å². The van der Waals surface area contributed by atoms with Crippen LogP contribution >= 0.6 is 0 Å². The van der Waals surface area contributed by atoms with Gasteiger partial charge in [-0.2, -0.15) is 0 Å². The first-order chi connectivity index (χ1) is 13.2. The van der Waals surface area contributed by atoms with E-state index in [2.05, 4.69) is 15.0 Å². The molecule has 1 amide bonds. The lowest BCUT2D eigenvalue weighted by molar-refractivity contribution is 0.115. The Morgan fingerprint density at radius 3 is 2.74 bits per heavy atom. The number of pyridine rings is 1. The largest absolute Gasteiger partial charge is 0.450 e. The van der Waals surface area contributed by atoms with Crippen molar-refractivity contribution in [3.8, 4) is 22.5 Å². The van der Waals surface area contributed by atoms with Crippen molar-refractivity contribution in [3.63, 3.8) is 0 Å². The Kier molecular flexibility index (Phi) is 4.87. The first-order valence-electron chi connectivity index (χ1n) is 9.23. The van der Waals surface area contributed by atoms with Gasteiger partial charge in [0.25, 0.3) is 0 Å². The Morgan fingerprint density at radius 1 is 1.15 bits per heavy atom. The van der Waals surface area contributed by atoms with E-state index in [4.69, 9.17) is 4.74 Å². The molecule has 1 saturated heterocycles. The van der Waals surface area contributed by atoms with E-state index in [1.807, 2.05) is 61.8 Å². The van der Waals surface area contributed by atoms with Crippen LogP contribution in [0, 0.1) is 0 Å². The Balaban J connectivity index is 1.46. The average Bonchev–Trinajstić information content (AvgIpc) is 3.39. The number of H-pyrrole nitrogens is 1. The van der Waals surface area contributed by atoms with E-state index in [0.717, 1.165) is 34.8 Å². The molecule has 1 aromatic carbocycles. The van der Waals surface area contributed by atoms with Crippen molar-refractivity contribution in [1.29, 1.82) is 0 Å². The quantitative estimate of drug-likeness (QED) is 0.759. The number of hydrogen-bond acceptors (Lipinski definition) is 4. The fraction of sp³-hybridized carbons (Fsp3) is 0.286. The predicted molar refractivity (Wildman–Crippen MR) is 103 cm³/mol. The molecule has 1 fully saturated rings. The van der Waals surface area contributed by atoms with E-state index in [1.54, 1.807) is 4.90 Å². The van der Waals surface area contributed by atoms with Crippen molar-refractivity contribution in [1.82, 2.24) is 19.9 Å². The summed E-state index contributed by atoms with van der Waals surface area (Å²) in [6.07, 6.45) is 4.34. The zero-order chi connectivity index (χ0) is 18.6. The van der Waals surface area contributed by atoms with Crippen LogP contribution < -0.4 is 0 Å². The fourth-order valence-electron chi connectivity index (χ4n) is 3.39. The predicted octanol–water partition coefficient (Wildman–Crippen LogP) is 4.08. The van der Waals surface area contributed by atoms with Crippen LogP contribution in [0.1, 0.15) is 25.1 Å². The van der Waals surface area contributed by atoms with Crippen molar-refractivity contribution in [3.05, 3.63) is 60.7 Å². The minimum Gasteiger partial charge on any atom is -0.450 e. The summed E-state index contributed by atoms with van der Waals surface area (Å²) in [6.45, 7) is 3.56. The summed E-state index contributed by atoms with van der Waals surface area (Å²) in [5.74, 6) is 1.11. The number of rotatable bonds is 4. The maximum Gasteiger partial charge on any atom is 0.409 e. The summed E-state index contributed by atoms with van der Waals surface area (Å²) in [6, 6.07) is 14.2. The van der Waals surface area contributed by atoms with Gasteiger partial charge in [-0.25, -0.2) is 9.78 Å². The summed E-state index contributed by atoms with van der Waals surface area (Å²) < 4.78 is 5.08. The Bertz CT molecular complexity index is 905. The molecule has 6 nitrogen and oxygen atoms in total. The first kappa shape index (κ1) is 17.3. The lowest BCUT2D eigenvalue weighted by Crippen LogP contribution is -2.29. The summed E-state index contributed by atoms with van der Waals surface area (Å²) in [4.78, 5) is 26.1. The molecule has 138 valence electrons. The van der Waals surface area contributed by atoms with Crippen LogP contribution in [0.15, 0.2) is 54.9 Å². The number of likely N-dealkylation sites (tertiary alicyclic amines) is 1. The van der Waals surface area contributed by atoms with Gasteiger partial charge >= 0.3 is 6.09 Å². The lowest BCUT2D eigenvalue weighted by atomic mass is 10.1. The molecular formula is C21H22N4O2. The summed E-state index contributed by atoms with van der Waals surface area (Å²) >= 11 is 0. The highest BCUT2D eigenvalue weighted by Gasteiger charge is 2.29. The van der Waals surface area contributed by atoms with Crippen molar-refractivity contribution < 1.29 is 9.53 Å². The Labute approximate surface area is 158 Å². The monoisotopic (exact) mass is 362 g/mol. The maximum absolute atomic E-state index is 11.9. The second-order valence-corrected chi connectivity index (χ2v) is 6.61. The molecule has 27 heavy (non-hydrogen) atoms. The molecule has 0 unspecified atom stereocenters. The van der Waals surface area contributed by atoms with Crippen molar-refractivity contribution in [2.75, 3.05) is 19.7 Å². The molecule has 3 heterocycles. The molecular weight excluding hydrogens is 340 g/mol. The summed E-state index contributed by atoms with van der Waals surface area (Å²) in [5, 5.41) is 0. The van der Waals surface area contributed by atoms with E-state index in [-0.39, 0.29) is 12.0 Å². The van der Waals surface area contributed by atoms with E-state index in [9.17, 15) is 4.79 Å². The minimum absolute atomic E-state index is 0.208. The highest BCUT2D eigenvalue weighted by Crippen LogP contribution is 2.28. The molecule has 3 aromatic rings. The molecule has 0 radical (unpaired) electrons. The zero-order valence-electron chi connectivity index (χ0n) is 15.3. The van der Waals surface area contributed by atoms with Crippen molar-refractivity contribution >= 4 is 6.09 Å². The molecule has 4 rings (SSSR count). The van der Waals surface area contributed by atoms with Gasteiger partial charge in [0, 0.05) is 36.3 Å². The normalized spacial score (nSPS) is 16.5. The SMILES string of the molecule is CCOC(=O)N1CC[C@@H](c2ncc(-c3ccc(-c4ccccc4)nc3)[nH]2)C1. The smallest absolute Gasteiger partial charge is 0.409 e. The third-order valence-electron chi connectivity index (χ3n) is 4.84. The van der Waals surface area contributed by atoms with Crippen LogP contribution in [0.5, 0.6) is 0 Å². The Hall–Kier alpha value is -3.15. The topological polar surface area (TPSA) is 71.1 Å². The van der Waals surface area contributed by atoms with E-state index >= 15 is 0 Å². The molecule has 0 saturated carbocycles. The lowest BCUT2D eigenvalue weighted by Gasteiger charge is -2.14. The maximum atomic E-state index is 11.9. The molecule has 0 bridgehead atoms. The average molecular weight is 362 g/mol. The number of nitrogens with one attached hydrogen (secondary N) is 1. The van der Waals surface area contributed by atoms with Crippen LogP contribution in [0.4, 0.5) is 4.79 Å². The number of nitrogens with zero attached hydrogens (tertiary/aromatic N) is 3. The molecule has 1 aliphatic heterocycles. The standard InChI is InChI=1S/C21H22N4O2/c1-2-27-21(26)25-11-10-17(14-25)20-23-13-19(24-20)16-8-9-18(22-12-16)15-6-4-3-5-7-15/h3-9,12-13,17H,2,10-11,14H2,1H3,(H,23,24)/t17-/m1/s1. The number of amides is 1. The van der Waals surface area contributed by atoms with Crippen LogP contribution in [0.3, 0.4) is 0 Å². The van der Waals surface area contributed by atoms with Gasteiger partial charge in [0.2, 0.25) is 0 Å². The van der Waals surface area contributed by atoms with E-state index < -0.39 is 0 Å². The summed E-state index contributed by atoms with van der Waals surface area (Å²) in [7, 11) is 0. The zero-order valence-corrected chi connectivity index (χ0v) is 15.3. The molecule has 2 aromatic heterocycles. The van der Waals surface area contributed by atoms with Crippen molar-refractivity contribution in [2.24, 2.45) is 0 Å². The number of imidazole rings is 1. The minimum atomic E-state index is -0.243. The molecule has 6 heteroatoms. The van der Waals surface area contributed by atoms with Gasteiger partial charge in [0.1, 0.15) is 5.82 Å². The fourth-order valence-corrected chi connectivity index (χ4v) is 3.39. The molecule has 1 aliphatic rings. The molecule has 1 atom stereocenters. The van der Waals surface area contributed by atoms with Gasteiger partial charge in [-0.3, -0.25) is 4.98 Å². The van der Waals surface area contributed by atoms with Crippen LogP contribution in [-0.4, -0.2) is 45.6 Å². The second kappa shape index (κ2) is 7.61. The number of aromatic amines is 1. The third-order valence-corrected chi connectivity index (χ3v) is 4.84. The van der Waals surface area contributed by atoms with E-state index in [1.165, 1.54) is 0 Å². The van der Waals surface area contributed by atoms with E-state index in [0.29, 0.717) is 19.7 Å². The van der Waals surface area contributed by atoms with Gasteiger partial charge in [-0.05, 0) is 25.5 Å². The van der Waals surface area contributed by atoms with Crippen molar-refractivity contribution in [2.45, 2.75) is 19.3 Å². The highest BCUT2D eigenvalue weighted by atomic mass is 16.6. The van der Waals surface area contributed by atoms with Gasteiger partial charge < -0.3 is 14.6 Å². The third kappa shape index (κ3) is 3.69. The molecule has 1 N–H and O–H groups in total. The highest BCUT2D eigenvalue weighted by molar-refractivity contribution is 5.68. The Morgan fingerprint density at radius 2 is 2.00 bits per heavy atom. The van der Waals surface area contributed by atoms with Crippen LogP contribution in [0.25, 0.3) is 22.5 Å². The number of ether oxygens (including phenoxy) is 1. The number of aromatic nitrogens is 3. The van der Waals surface area contributed by atoms with Gasteiger partial charge in [-0.15, -0.1) is 0 Å².